The molecule has 1 heterocycles. The lowest BCUT2D eigenvalue weighted by molar-refractivity contribution is -0.121. The largest absolute Gasteiger partial charge is 0.395 e. The smallest absolute Gasteiger partial charge is 0.277 e. The van der Waals surface area contributed by atoms with Crippen molar-refractivity contribution in [1.82, 2.24) is 4.90 Å². The Morgan fingerprint density at radius 1 is 1.35 bits per heavy atom. The minimum atomic E-state index is -0.0797. The third-order valence-corrected chi connectivity index (χ3v) is 3.36. The zero-order valence-electron chi connectivity index (χ0n) is 12.0. The van der Waals surface area contributed by atoms with Crippen molar-refractivity contribution in [2.24, 2.45) is 4.99 Å². The van der Waals surface area contributed by atoms with Crippen LogP contribution in [0.25, 0.3) is 6.08 Å². The fraction of sp³-hybridized carbons (Fsp3) is 0.333. The van der Waals surface area contributed by atoms with Crippen LogP contribution in [0.1, 0.15) is 12.5 Å². The molecule has 0 atom stereocenters. The Morgan fingerprint density at radius 2 is 2.00 bits per heavy atom. The molecule has 5 nitrogen and oxygen atoms in total. The third kappa shape index (κ3) is 2.88. The van der Waals surface area contributed by atoms with Gasteiger partial charge >= 0.3 is 0 Å². The van der Waals surface area contributed by atoms with Crippen LogP contribution in [-0.2, 0) is 4.79 Å². The second-order valence-electron chi connectivity index (χ2n) is 4.79. The molecule has 0 saturated carbocycles. The van der Waals surface area contributed by atoms with E-state index in [1.165, 1.54) is 4.90 Å². The summed E-state index contributed by atoms with van der Waals surface area (Å²) in [5.74, 6) is 0.629. The first-order valence-electron chi connectivity index (χ1n) is 6.50. The van der Waals surface area contributed by atoms with Crippen LogP contribution in [0.5, 0.6) is 0 Å². The van der Waals surface area contributed by atoms with Crippen LogP contribution in [0, 0.1) is 0 Å². The number of carbonyl (C=O) groups is 1. The van der Waals surface area contributed by atoms with Crippen LogP contribution < -0.4 is 4.90 Å². The quantitative estimate of drug-likeness (QED) is 0.842. The lowest BCUT2D eigenvalue weighted by atomic mass is 10.1. The van der Waals surface area contributed by atoms with Gasteiger partial charge in [0.2, 0.25) is 0 Å². The zero-order valence-corrected chi connectivity index (χ0v) is 12.0. The van der Waals surface area contributed by atoms with Crippen molar-refractivity contribution in [1.29, 1.82) is 0 Å². The monoisotopic (exact) mass is 273 g/mol. The molecule has 20 heavy (non-hydrogen) atoms. The molecule has 0 unspecified atom stereocenters. The summed E-state index contributed by atoms with van der Waals surface area (Å²) in [6, 6.07) is 7.79. The van der Waals surface area contributed by atoms with Crippen LogP contribution in [0.2, 0.25) is 0 Å². The van der Waals surface area contributed by atoms with E-state index in [9.17, 15) is 4.79 Å². The number of amides is 1. The van der Waals surface area contributed by atoms with Gasteiger partial charge in [0, 0.05) is 26.3 Å². The molecule has 2 rings (SSSR count). The number of benzene rings is 1. The fourth-order valence-corrected chi connectivity index (χ4v) is 1.97. The molecule has 1 aromatic rings. The standard InChI is InChI=1S/C15H19N3O2/c1-11-16-14(15(20)18(11)3)10-12-4-6-13(7-5-12)17(2)8-9-19/h4-7,10,19H,8-9H2,1-3H3/b14-10-. The molecule has 1 aliphatic heterocycles. The van der Waals surface area contributed by atoms with Crippen LogP contribution >= 0.6 is 0 Å². The summed E-state index contributed by atoms with van der Waals surface area (Å²) in [5, 5.41) is 8.91. The Labute approximate surface area is 118 Å². The van der Waals surface area contributed by atoms with Crippen molar-refractivity contribution in [3.05, 3.63) is 35.5 Å². The third-order valence-electron chi connectivity index (χ3n) is 3.36. The van der Waals surface area contributed by atoms with E-state index in [4.69, 9.17) is 5.11 Å². The van der Waals surface area contributed by atoms with E-state index in [-0.39, 0.29) is 12.5 Å². The minimum Gasteiger partial charge on any atom is -0.395 e. The van der Waals surface area contributed by atoms with Crippen molar-refractivity contribution >= 4 is 23.5 Å². The van der Waals surface area contributed by atoms with Crippen molar-refractivity contribution in [3.63, 3.8) is 0 Å². The highest BCUT2D eigenvalue weighted by molar-refractivity contribution is 6.13. The number of aliphatic imine (C=N–C) groups is 1. The van der Waals surface area contributed by atoms with Gasteiger partial charge in [-0.05, 0) is 30.7 Å². The molecule has 0 saturated heterocycles. The summed E-state index contributed by atoms with van der Waals surface area (Å²) >= 11 is 0. The average Bonchev–Trinajstić information content (AvgIpc) is 2.67. The Kier molecular flexibility index (Phi) is 4.20. The maximum absolute atomic E-state index is 11.9. The first-order valence-corrected chi connectivity index (χ1v) is 6.50. The summed E-state index contributed by atoms with van der Waals surface area (Å²) in [7, 11) is 3.64. The predicted octanol–water partition coefficient (Wildman–Crippen LogP) is 1.35. The highest BCUT2D eigenvalue weighted by Crippen LogP contribution is 2.19. The summed E-state index contributed by atoms with van der Waals surface area (Å²) < 4.78 is 0. The predicted molar refractivity (Wildman–Crippen MR) is 80.7 cm³/mol. The highest BCUT2D eigenvalue weighted by atomic mass is 16.3. The normalized spacial score (nSPS) is 16.8. The van der Waals surface area contributed by atoms with E-state index in [1.807, 2.05) is 43.1 Å². The zero-order chi connectivity index (χ0) is 14.7. The SMILES string of the molecule is CC1=N/C(=C\c2ccc(N(C)CCO)cc2)C(=O)N1C. The number of aliphatic hydroxyl groups is 1. The van der Waals surface area contributed by atoms with E-state index >= 15 is 0 Å². The van der Waals surface area contributed by atoms with Crippen molar-refractivity contribution in [3.8, 4) is 0 Å². The first kappa shape index (κ1) is 14.3. The van der Waals surface area contributed by atoms with Gasteiger partial charge < -0.3 is 10.0 Å². The molecule has 0 fully saturated rings. The molecule has 1 amide bonds. The number of carbonyl (C=O) groups excluding carboxylic acids is 1. The number of hydrogen-bond acceptors (Lipinski definition) is 4. The van der Waals surface area contributed by atoms with Gasteiger partial charge in [-0.1, -0.05) is 12.1 Å². The van der Waals surface area contributed by atoms with E-state index < -0.39 is 0 Å². The van der Waals surface area contributed by atoms with E-state index in [0.29, 0.717) is 18.1 Å². The molecule has 1 N–H and O–H groups in total. The Balaban J connectivity index is 2.18. The van der Waals surface area contributed by atoms with Gasteiger partial charge in [0.25, 0.3) is 5.91 Å². The number of anilines is 1. The molecule has 0 aliphatic carbocycles. The molecule has 106 valence electrons. The van der Waals surface area contributed by atoms with Gasteiger partial charge in [0.05, 0.1) is 6.61 Å². The van der Waals surface area contributed by atoms with Gasteiger partial charge in [0.15, 0.2) is 0 Å². The number of likely N-dealkylation sites (N-methyl/N-ethyl adjacent to an activating group) is 2. The summed E-state index contributed by atoms with van der Waals surface area (Å²) in [4.78, 5) is 19.6. The molecule has 1 aliphatic rings. The number of aliphatic hydroxyl groups excluding tert-OH is 1. The molecule has 0 aromatic heterocycles. The van der Waals surface area contributed by atoms with Crippen LogP contribution in [0.15, 0.2) is 35.0 Å². The lowest BCUT2D eigenvalue weighted by Gasteiger charge is -2.17. The molecule has 0 bridgehead atoms. The van der Waals surface area contributed by atoms with Gasteiger partial charge in [-0.2, -0.15) is 0 Å². The number of nitrogens with zero attached hydrogens (tertiary/aromatic N) is 3. The second-order valence-corrected chi connectivity index (χ2v) is 4.79. The maximum Gasteiger partial charge on any atom is 0.277 e. The summed E-state index contributed by atoms with van der Waals surface area (Å²) in [6.45, 7) is 2.52. The van der Waals surface area contributed by atoms with Crippen molar-refractivity contribution in [2.45, 2.75) is 6.92 Å². The Morgan fingerprint density at radius 3 is 2.50 bits per heavy atom. The fourth-order valence-electron chi connectivity index (χ4n) is 1.97. The minimum absolute atomic E-state index is 0.0797. The number of hydrogen-bond donors (Lipinski definition) is 1. The molecule has 0 radical (unpaired) electrons. The van der Waals surface area contributed by atoms with Gasteiger partial charge in [-0.25, -0.2) is 4.99 Å². The first-order chi connectivity index (χ1) is 9.52. The Bertz CT molecular complexity index is 561. The van der Waals surface area contributed by atoms with Crippen LogP contribution in [0.3, 0.4) is 0 Å². The summed E-state index contributed by atoms with van der Waals surface area (Å²) in [6.07, 6.45) is 1.78. The van der Waals surface area contributed by atoms with E-state index in [1.54, 1.807) is 13.1 Å². The van der Waals surface area contributed by atoms with Gasteiger partial charge in [-0.3, -0.25) is 9.69 Å². The number of amidine groups is 1. The molecular weight excluding hydrogens is 254 g/mol. The van der Waals surface area contributed by atoms with Crippen LogP contribution in [-0.4, -0.2) is 49.0 Å². The Hall–Kier alpha value is -2.14. The molecular formula is C15H19N3O2. The van der Waals surface area contributed by atoms with E-state index in [0.717, 1.165) is 11.3 Å². The molecule has 5 heteroatoms. The maximum atomic E-state index is 11.9. The topological polar surface area (TPSA) is 56.1 Å². The second kappa shape index (κ2) is 5.88. The van der Waals surface area contributed by atoms with Crippen molar-refractivity contribution in [2.75, 3.05) is 32.1 Å². The lowest BCUT2D eigenvalue weighted by Crippen LogP contribution is -2.25. The van der Waals surface area contributed by atoms with Crippen molar-refractivity contribution < 1.29 is 9.90 Å². The molecule has 0 spiro atoms. The van der Waals surface area contributed by atoms with Gasteiger partial charge in [0.1, 0.15) is 11.5 Å². The average molecular weight is 273 g/mol. The van der Waals surface area contributed by atoms with Crippen LogP contribution in [0.4, 0.5) is 5.69 Å². The summed E-state index contributed by atoms with van der Waals surface area (Å²) in [5.41, 5.74) is 2.42. The van der Waals surface area contributed by atoms with Gasteiger partial charge in [-0.15, -0.1) is 0 Å². The molecule has 1 aromatic carbocycles. The van der Waals surface area contributed by atoms with E-state index in [2.05, 4.69) is 4.99 Å². The number of rotatable bonds is 4. The highest BCUT2D eigenvalue weighted by Gasteiger charge is 2.23.